The molecule has 120 valence electrons. The van der Waals surface area contributed by atoms with Crippen LogP contribution in [0.3, 0.4) is 0 Å². The highest BCUT2D eigenvalue weighted by atomic mass is 19.1. The Morgan fingerprint density at radius 3 is 2.65 bits per heavy atom. The first-order chi connectivity index (χ1) is 11.1. The minimum atomic E-state index is -0.158. The molecule has 23 heavy (non-hydrogen) atoms. The SMILES string of the molecule is CN(C)CC1=C(c2ccc3cc(F)ccc3c2)[C@H]2CC[C@H](C1)C2. The fourth-order valence-electron chi connectivity index (χ4n) is 4.63. The summed E-state index contributed by atoms with van der Waals surface area (Å²) in [5.41, 5.74) is 4.56. The highest BCUT2D eigenvalue weighted by molar-refractivity contribution is 5.87. The topological polar surface area (TPSA) is 3.24 Å². The van der Waals surface area contributed by atoms with Gasteiger partial charge in [-0.3, -0.25) is 0 Å². The van der Waals surface area contributed by atoms with Crippen molar-refractivity contribution in [3.63, 3.8) is 0 Å². The van der Waals surface area contributed by atoms with Crippen LogP contribution in [0.5, 0.6) is 0 Å². The van der Waals surface area contributed by atoms with Crippen LogP contribution in [-0.4, -0.2) is 25.5 Å². The molecule has 0 spiro atoms. The summed E-state index contributed by atoms with van der Waals surface area (Å²) in [6.07, 6.45) is 5.32. The van der Waals surface area contributed by atoms with Gasteiger partial charge < -0.3 is 4.90 Å². The highest BCUT2D eigenvalue weighted by Crippen LogP contribution is 2.49. The number of nitrogens with zero attached hydrogens (tertiary/aromatic N) is 1. The van der Waals surface area contributed by atoms with Gasteiger partial charge in [0.2, 0.25) is 0 Å². The lowest BCUT2D eigenvalue weighted by atomic mass is 9.79. The number of likely N-dealkylation sites (N-methyl/N-ethyl adjacent to an activating group) is 1. The summed E-state index contributed by atoms with van der Waals surface area (Å²) in [4.78, 5) is 2.29. The van der Waals surface area contributed by atoms with Crippen molar-refractivity contribution >= 4 is 16.3 Å². The Hall–Kier alpha value is -1.67. The summed E-state index contributed by atoms with van der Waals surface area (Å²) >= 11 is 0. The molecule has 2 aromatic carbocycles. The number of halogens is 1. The zero-order valence-corrected chi connectivity index (χ0v) is 14.0. The molecule has 0 unspecified atom stereocenters. The summed E-state index contributed by atoms with van der Waals surface area (Å²) in [5, 5.41) is 2.13. The fourth-order valence-corrected chi connectivity index (χ4v) is 4.63. The lowest BCUT2D eigenvalue weighted by molar-refractivity contribution is 0.413. The largest absolute Gasteiger partial charge is 0.305 e. The van der Waals surface area contributed by atoms with Gasteiger partial charge in [0.1, 0.15) is 5.82 Å². The molecule has 0 radical (unpaired) electrons. The van der Waals surface area contributed by atoms with E-state index in [4.69, 9.17) is 0 Å². The van der Waals surface area contributed by atoms with E-state index in [-0.39, 0.29) is 5.82 Å². The number of allylic oxidation sites excluding steroid dienone is 1. The minimum absolute atomic E-state index is 0.158. The molecule has 0 aliphatic heterocycles. The minimum Gasteiger partial charge on any atom is -0.305 e. The average Bonchev–Trinajstić information content (AvgIpc) is 2.88. The first-order valence-electron chi connectivity index (χ1n) is 8.66. The van der Waals surface area contributed by atoms with Crippen LogP contribution >= 0.6 is 0 Å². The molecule has 2 heteroatoms. The maximum Gasteiger partial charge on any atom is 0.123 e. The Morgan fingerprint density at radius 1 is 1.04 bits per heavy atom. The summed E-state index contributed by atoms with van der Waals surface area (Å²) < 4.78 is 13.4. The third-order valence-corrected chi connectivity index (χ3v) is 5.49. The second-order valence-electron chi connectivity index (χ2n) is 7.54. The maximum atomic E-state index is 13.4. The van der Waals surface area contributed by atoms with Crippen LogP contribution in [0.1, 0.15) is 31.2 Å². The normalized spacial score (nSPS) is 24.0. The first kappa shape index (κ1) is 14.9. The molecule has 1 saturated carbocycles. The van der Waals surface area contributed by atoms with E-state index in [9.17, 15) is 4.39 Å². The maximum absolute atomic E-state index is 13.4. The monoisotopic (exact) mass is 309 g/mol. The summed E-state index contributed by atoms with van der Waals surface area (Å²) in [7, 11) is 4.31. The van der Waals surface area contributed by atoms with Crippen LogP contribution in [0, 0.1) is 17.7 Å². The second kappa shape index (κ2) is 5.76. The lowest BCUT2D eigenvalue weighted by Crippen LogP contribution is -2.21. The average molecular weight is 309 g/mol. The molecule has 2 bridgehead atoms. The van der Waals surface area contributed by atoms with Gasteiger partial charge in [0.25, 0.3) is 0 Å². The van der Waals surface area contributed by atoms with Crippen molar-refractivity contribution in [2.24, 2.45) is 11.8 Å². The van der Waals surface area contributed by atoms with E-state index in [1.807, 2.05) is 6.07 Å². The van der Waals surface area contributed by atoms with Gasteiger partial charge in [-0.1, -0.05) is 23.8 Å². The number of benzene rings is 2. The van der Waals surface area contributed by atoms with Crippen LogP contribution in [0.2, 0.25) is 0 Å². The van der Waals surface area contributed by atoms with E-state index in [0.717, 1.165) is 29.2 Å². The molecule has 0 N–H and O–H groups in total. The smallest absolute Gasteiger partial charge is 0.123 e. The Bertz CT molecular complexity index is 775. The predicted molar refractivity (Wildman–Crippen MR) is 94.8 cm³/mol. The Balaban J connectivity index is 1.82. The van der Waals surface area contributed by atoms with E-state index >= 15 is 0 Å². The number of rotatable bonds is 3. The van der Waals surface area contributed by atoms with Crippen molar-refractivity contribution in [1.29, 1.82) is 0 Å². The number of hydrogen-bond acceptors (Lipinski definition) is 1. The Kier molecular flexibility index (Phi) is 3.73. The van der Waals surface area contributed by atoms with E-state index in [1.165, 1.54) is 31.2 Å². The molecule has 0 amide bonds. The number of hydrogen-bond donors (Lipinski definition) is 0. The van der Waals surface area contributed by atoms with Crippen LogP contribution < -0.4 is 0 Å². The van der Waals surface area contributed by atoms with Gasteiger partial charge in [0.15, 0.2) is 0 Å². The van der Waals surface area contributed by atoms with Crippen LogP contribution in [0.15, 0.2) is 42.0 Å². The fraction of sp³-hybridized carbons (Fsp3) is 0.429. The van der Waals surface area contributed by atoms with Gasteiger partial charge in [-0.15, -0.1) is 0 Å². The summed E-state index contributed by atoms with van der Waals surface area (Å²) in [6.45, 7) is 1.06. The molecule has 1 nitrogen and oxygen atoms in total. The molecule has 2 aliphatic carbocycles. The quantitative estimate of drug-likeness (QED) is 0.761. The van der Waals surface area contributed by atoms with Gasteiger partial charge in [0.05, 0.1) is 0 Å². The van der Waals surface area contributed by atoms with Crippen molar-refractivity contribution in [3.05, 3.63) is 53.4 Å². The third-order valence-electron chi connectivity index (χ3n) is 5.49. The molecule has 0 heterocycles. The number of fused-ring (bicyclic) bond motifs is 3. The molecule has 2 aliphatic rings. The summed E-state index contributed by atoms with van der Waals surface area (Å²) in [5.74, 6) is 1.46. The van der Waals surface area contributed by atoms with E-state index in [1.54, 1.807) is 23.3 Å². The van der Waals surface area contributed by atoms with Crippen LogP contribution in [0.4, 0.5) is 4.39 Å². The van der Waals surface area contributed by atoms with E-state index in [0.29, 0.717) is 0 Å². The van der Waals surface area contributed by atoms with Crippen molar-refractivity contribution in [1.82, 2.24) is 4.90 Å². The van der Waals surface area contributed by atoms with Crippen LogP contribution in [-0.2, 0) is 0 Å². The molecule has 4 rings (SSSR count). The van der Waals surface area contributed by atoms with Gasteiger partial charge >= 0.3 is 0 Å². The lowest BCUT2D eigenvalue weighted by Gasteiger charge is -2.29. The van der Waals surface area contributed by atoms with Gasteiger partial charge in [-0.05, 0) is 91.7 Å². The molecule has 2 aromatic rings. The van der Waals surface area contributed by atoms with Crippen molar-refractivity contribution < 1.29 is 4.39 Å². The highest BCUT2D eigenvalue weighted by Gasteiger charge is 2.35. The molecule has 0 aromatic heterocycles. The Labute approximate surface area is 137 Å². The predicted octanol–water partition coefficient (Wildman–Crippen LogP) is 5.11. The van der Waals surface area contributed by atoms with Crippen molar-refractivity contribution in [2.75, 3.05) is 20.6 Å². The van der Waals surface area contributed by atoms with E-state index in [2.05, 4.69) is 37.2 Å². The zero-order valence-electron chi connectivity index (χ0n) is 14.0. The van der Waals surface area contributed by atoms with Crippen molar-refractivity contribution in [2.45, 2.75) is 25.7 Å². The van der Waals surface area contributed by atoms with Gasteiger partial charge in [-0.25, -0.2) is 4.39 Å². The molecular formula is C21H24FN. The Morgan fingerprint density at radius 2 is 1.83 bits per heavy atom. The van der Waals surface area contributed by atoms with Crippen LogP contribution in [0.25, 0.3) is 16.3 Å². The molecule has 0 saturated heterocycles. The van der Waals surface area contributed by atoms with Gasteiger partial charge in [0, 0.05) is 6.54 Å². The standard InChI is InChI=1S/C21H24FN/c1-23(2)13-19-10-14-3-4-17(9-14)21(19)18-6-5-16-12-20(22)8-7-15(16)11-18/h5-8,11-12,14,17H,3-4,9-10,13H2,1-2H3/t14-,17-/m0/s1. The first-order valence-corrected chi connectivity index (χ1v) is 8.66. The molecule has 1 fully saturated rings. The molecular weight excluding hydrogens is 285 g/mol. The summed E-state index contributed by atoms with van der Waals surface area (Å²) in [6, 6.07) is 11.6. The van der Waals surface area contributed by atoms with E-state index < -0.39 is 0 Å². The third kappa shape index (κ3) is 2.81. The second-order valence-corrected chi connectivity index (χ2v) is 7.54. The van der Waals surface area contributed by atoms with Crippen molar-refractivity contribution in [3.8, 4) is 0 Å². The van der Waals surface area contributed by atoms with Gasteiger partial charge in [-0.2, -0.15) is 0 Å². The molecule has 2 atom stereocenters. The zero-order chi connectivity index (χ0) is 16.0.